The molecule has 0 spiro atoms. The van der Waals surface area contributed by atoms with Crippen molar-refractivity contribution in [2.75, 3.05) is 20.3 Å². The van der Waals surface area contributed by atoms with E-state index in [0.29, 0.717) is 18.7 Å². The fourth-order valence-electron chi connectivity index (χ4n) is 1.27. The number of carbonyl (C=O) groups is 2. The molecule has 6 nitrogen and oxygen atoms in total. The minimum Gasteiger partial charge on any atom is -0.383 e. The number of ether oxygens (including phenoxy) is 1. The second kappa shape index (κ2) is 8.76. The number of hydrazone groups is 1. The number of hydrogen-bond donors (Lipinski definition) is 2. The molecule has 0 radical (unpaired) electrons. The fourth-order valence-corrected chi connectivity index (χ4v) is 1.27. The van der Waals surface area contributed by atoms with Crippen molar-refractivity contribution in [3.8, 4) is 0 Å². The van der Waals surface area contributed by atoms with E-state index >= 15 is 0 Å². The molecule has 0 aromatic heterocycles. The zero-order valence-electron chi connectivity index (χ0n) is 11.1. The lowest BCUT2D eigenvalue weighted by atomic mass is 10.2. The molecule has 0 unspecified atom stereocenters. The van der Waals surface area contributed by atoms with Crippen molar-refractivity contribution in [1.82, 2.24) is 10.7 Å². The molecule has 20 heavy (non-hydrogen) atoms. The number of rotatable bonds is 7. The molecular weight excluding hydrogens is 265 g/mol. The van der Waals surface area contributed by atoms with Gasteiger partial charge in [-0.3, -0.25) is 9.59 Å². The van der Waals surface area contributed by atoms with Crippen molar-refractivity contribution in [2.24, 2.45) is 5.10 Å². The number of halogens is 1. The van der Waals surface area contributed by atoms with Crippen LogP contribution in [0.25, 0.3) is 0 Å². The summed E-state index contributed by atoms with van der Waals surface area (Å²) in [6.07, 6.45) is 1.05. The maximum Gasteiger partial charge on any atom is 0.249 e. The van der Waals surface area contributed by atoms with E-state index in [-0.39, 0.29) is 12.2 Å². The standard InChI is InChI=1S/C13H16FN3O3/c1-20-7-6-15-12(18)8-13(19)17-16-9-10-2-4-11(14)5-3-10/h2-5,9H,6-8H2,1H3,(H,15,18)(H,17,19)/b16-9-. The van der Waals surface area contributed by atoms with Gasteiger partial charge in [0.2, 0.25) is 11.8 Å². The molecule has 1 aromatic carbocycles. The minimum atomic E-state index is -0.529. The van der Waals surface area contributed by atoms with Crippen molar-refractivity contribution < 1.29 is 18.7 Å². The first-order valence-electron chi connectivity index (χ1n) is 5.95. The summed E-state index contributed by atoms with van der Waals surface area (Å²) in [5.41, 5.74) is 2.85. The highest BCUT2D eigenvalue weighted by atomic mass is 19.1. The monoisotopic (exact) mass is 281 g/mol. The first kappa shape index (κ1) is 15.8. The Bertz CT molecular complexity index is 474. The predicted molar refractivity (Wildman–Crippen MR) is 71.6 cm³/mol. The van der Waals surface area contributed by atoms with Crippen LogP contribution in [0.15, 0.2) is 29.4 Å². The molecule has 1 rings (SSSR count). The maximum atomic E-state index is 12.6. The van der Waals surface area contributed by atoms with Gasteiger partial charge in [0, 0.05) is 13.7 Å². The largest absolute Gasteiger partial charge is 0.383 e. The Balaban J connectivity index is 2.28. The SMILES string of the molecule is COCCNC(=O)CC(=O)N/N=C\c1ccc(F)cc1. The highest BCUT2D eigenvalue weighted by Crippen LogP contribution is 1.99. The molecule has 1 aromatic rings. The summed E-state index contributed by atoms with van der Waals surface area (Å²) in [7, 11) is 1.52. The summed E-state index contributed by atoms with van der Waals surface area (Å²) in [6, 6.07) is 5.60. The quantitative estimate of drug-likeness (QED) is 0.329. The van der Waals surface area contributed by atoms with Crippen molar-refractivity contribution in [3.05, 3.63) is 35.6 Å². The van der Waals surface area contributed by atoms with Gasteiger partial charge in [0.1, 0.15) is 12.2 Å². The molecule has 108 valence electrons. The molecule has 0 heterocycles. The number of nitrogens with one attached hydrogen (secondary N) is 2. The Labute approximate surface area is 116 Å². The van der Waals surface area contributed by atoms with Crippen LogP contribution in [0.3, 0.4) is 0 Å². The summed E-state index contributed by atoms with van der Waals surface area (Å²) >= 11 is 0. The maximum absolute atomic E-state index is 12.6. The van der Waals surface area contributed by atoms with E-state index in [0.717, 1.165) is 0 Å². The third-order valence-electron chi connectivity index (χ3n) is 2.22. The van der Waals surface area contributed by atoms with Crippen molar-refractivity contribution in [1.29, 1.82) is 0 Å². The first-order chi connectivity index (χ1) is 9.61. The van der Waals surface area contributed by atoms with Gasteiger partial charge in [-0.1, -0.05) is 12.1 Å². The molecule has 0 aliphatic rings. The average Bonchev–Trinajstić information content (AvgIpc) is 2.41. The second-order valence-corrected chi connectivity index (χ2v) is 3.86. The third-order valence-corrected chi connectivity index (χ3v) is 2.22. The highest BCUT2D eigenvalue weighted by molar-refractivity contribution is 5.97. The molecule has 2 amide bonds. The summed E-state index contributed by atoms with van der Waals surface area (Å²) < 4.78 is 17.4. The summed E-state index contributed by atoms with van der Waals surface area (Å²) in [6.45, 7) is 0.734. The lowest BCUT2D eigenvalue weighted by Gasteiger charge is -2.03. The van der Waals surface area contributed by atoms with Gasteiger partial charge in [0.15, 0.2) is 0 Å². The molecule has 0 saturated carbocycles. The van der Waals surface area contributed by atoms with Gasteiger partial charge in [-0.2, -0.15) is 5.10 Å². The van der Waals surface area contributed by atoms with Crippen molar-refractivity contribution in [3.63, 3.8) is 0 Å². The Kier molecular flexibility index (Phi) is 6.91. The number of hydrogen-bond acceptors (Lipinski definition) is 4. The van der Waals surface area contributed by atoms with Crippen LogP contribution < -0.4 is 10.7 Å². The molecule has 0 fully saturated rings. The van der Waals surface area contributed by atoms with Crippen LogP contribution in [0.1, 0.15) is 12.0 Å². The third kappa shape index (κ3) is 6.60. The van der Waals surface area contributed by atoms with E-state index in [9.17, 15) is 14.0 Å². The normalized spacial score (nSPS) is 10.5. The summed E-state index contributed by atoms with van der Waals surface area (Å²) in [4.78, 5) is 22.6. The number of carbonyl (C=O) groups excluding carboxylic acids is 2. The zero-order chi connectivity index (χ0) is 14.8. The van der Waals surface area contributed by atoms with Crippen molar-refractivity contribution in [2.45, 2.75) is 6.42 Å². The molecule has 2 N–H and O–H groups in total. The molecule has 0 aliphatic heterocycles. The lowest BCUT2D eigenvalue weighted by Crippen LogP contribution is -2.31. The average molecular weight is 281 g/mol. The van der Waals surface area contributed by atoms with E-state index < -0.39 is 11.8 Å². The zero-order valence-corrected chi connectivity index (χ0v) is 11.1. The van der Waals surface area contributed by atoms with Gasteiger partial charge in [0.25, 0.3) is 0 Å². The number of methoxy groups -OCH3 is 1. The van der Waals surface area contributed by atoms with Crippen LogP contribution in [0.5, 0.6) is 0 Å². The number of amides is 2. The van der Waals surface area contributed by atoms with Crippen molar-refractivity contribution >= 4 is 18.0 Å². The topological polar surface area (TPSA) is 79.8 Å². The molecular formula is C13H16FN3O3. The highest BCUT2D eigenvalue weighted by Gasteiger charge is 2.07. The van der Waals surface area contributed by atoms with Crippen LogP contribution in [0.2, 0.25) is 0 Å². The van der Waals surface area contributed by atoms with Crippen LogP contribution in [-0.2, 0) is 14.3 Å². The van der Waals surface area contributed by atoms with Gasteiger partial charge < -0.3 is 10.1 Å². The molecule has 0 bridgehead atoms. The first-order valence-corrected chi connectivity index (χ1v) is 5.95. The lowest BCUT2D eigenvalue weighted by molar-refractivity contribution is -0.129. The molecule has 7 heteroatoms. The van der Waals surface area contributed by atoms with Crippen LogP contribution in [0.4, 0.5) is 4.39 Å². The van der Waals surface area contributed by atoms with Gasteiger partial charge in [-0.05, 0) is 17.7 Å². The minimum absolute atomic E-state index is 0.315. The Hall–Kier alpha value is -2.28. The van der Waals surface area contributed by atoms with Gasteiger partial charge in [-0.25, -0.2) is 9.82 Å². The van der Waals surface area contributed by atoms with Crippen LogP contribution in [0, 0.1) is 5.82 Å². The summed E-state index contributed by atoms with van der Waals surface area (Å²) in [5, 5.41) is 6.18. The number of benzene rings is 1. The van der Waals surface area contributed by atoms with E-state index in [1.807, 2.05) is 0 Å². The fraction of sp³-hybridized carbons (Fsp3) is 0.308. The smallest absolute Gasteiger partial charge is 0.249 e. The Morgan fingerprint density at radius 3 is 2.65 bits per heavy atom. The van der Waals surface area contributed by atoms with E-state index in [2.05, 4.69) is 15.8 Å². The van der Waals surface area contributed by atoms with Crippen LogP contribution >= 0.6 is 0 Å². The van der Waals surface area contributed by atoms with Crippen LogP contribution in [-0.4, -0.2) is 38.3 Å². The second-order valence-electron chi connectivity index (χ2n) is 3.86. The Morgan fingerprint density at radius 1 is 1.30 bits per heavy atom. The van der Waals surface area contributed by atoms with Gasteiger partial charge in [-0.15, -0.1) is 0 Å². The Morgan fingerprint density at radius 2 is 2.00 bits per heavy atom. The van der Waals surface area contributed by atoms with E-state index in [1.54, 1.807) is 0 Å². The molecule has 0 atom stereocenters. The number of nitrogens with zero attached hydrogens (tertiary/aromatic N) is 1. The molecule has 0 saturated heterocycles. The van der Waals surface area contributed by atoms with E-state index in [4.69, 9.17) is 4.74 Å². The van der Waals surface area contributed by atoms with Gasteiger partial charge in [0.05, 0.1) is 12.8 Å². The summed E-state index contributed by atoms with van der Waals surface area (Å²) in [5.74, 6) is -1.28. The molecule has 0 aliphatic carbocycles. The van der Waals surface area contributed by atoms with E-state index in [1.165, 1.54) is 37.6 Å². The van der Waals surface area contributed by atoms with Gasteiger partial charge >= 0.3 is 0 Å². The predicted octanol–water partition coefficient (Wildman–Crippen LogP) is 0.429.